The number of fused-ring (bicyclic) bond motifs is 1. The summed E-state index contributed by atoms with van der Waals surface area (Å²) < 4.78 is 29.6. The Hall–Kier alpha value is -2.19. The average molecular weight is 393 g/mol. The lowest BCUT2D eigenvalue weighted by Gasteiger charge is -2.11. The first-order chi connectivity index (χ1) is 12.4. The van der Waals surface area contributed by atoms with Crippen LogP contribution in [-0.4, -0.2) is 33.2 Å². The number of carbonyl (C=O) groups is 2. The monoisotopic (exact) mass is 393 g/mol. The smallest absolute Gasteiger partial charge is 0.341 e. The summed E-state index contributed by atoms with van der Waals surface area (Å²) in [5, 5.41) is 2.98. The zero-order chi connectivity index (χ0) is 18.7. The second-order valence-electron chi connectivity index (χ2n) is 6.03. The number of hydrogen-bond donors (Lipinski definition) is 1. The number of ether oxygens (including phenoxy) is 1. The maximum absolute atomic E-state index is 12.4. The van der Waals surface area contributed by atoms with Gasteiger partial charge in [-0.05, 0) is 43.4 Å². The van der Waals surface area contributed by atoms with Gasteiger partial charge in [0.25, 0.3) is 0 Å². The van der Waals surface area contributed by atoms with Crippen LogP contribution in [0, 0.1) is 0 Å². The molecule has 0 unspecified atom stereocenters. The van der Waals surface area contributed by atoms with Crippen molar-refractivity contribution >= 4 is 38.1 Å². The van der Waals surface area contributed by atoms with Crippen molar-refractivity contribution < 1.29 is 22.7 Å². The van der Waals surface area contributed by atoms with Gasteiger partial charge < -0.3 is 10.1 Å². The third-order valence-corrected chi connectivity index (χ3v) is 7.08. The first kappa shape index (κ1) is 18.6. The summed E-state index contributed by atoms with van der Waals surface area (Å²) in [6, 6.07) is 7.82. The number of amides is 1. The van der Waals surface area contributed by atoms with E-state index in [1.54, 1.807) is 18.2 Å². The van der Waals surface area contributed by atoms with E-state index in [1.165, 1.54) is 30.6 Å². The molecule has 1 amide bonds. The number of esters is 1. The molecule has 1 N–H and O–H groups in total. The van der Waals surface area contributed by atoms with Crippen LogP contribution >= 0.6 is 11.3 Å². The number of aryl methyl sites for hydroxylation is 1. The molecule has 0 fully saturated rings. The minimum atomic E-state index is -3.74. The fourth-order valence-corrected chi connectivity index (χ4v) is 5.47. The number of carbonyl (C=O) groups excluding carboxylic acids is 2. The molecule has 1 aromatic carbocycles. The molecule has 3 rings (SSSR count). The van der Waals surface area contributed by atoms with E-state index in [-0.39, 0.29) is 4.90 Å². The molecular formula is C18H19NO5S2. The van der Waals surface area contributed by atoms with Gasteiger partial charge in [0, 0.05) is 4.88 Å². The fourth-order valence-electron chi connectivity index (χ4n) is 3.02. The average Bonchev–Trinajstić information content (AvgIpc) is 2.99. The third-order valence-electron chi connectivity index (χ3n) is 4.24. The Bertz CT molecular complexity index is 932. The minimum Gasteiger partial charge on any atom is -0.465 e. The molecule has 6 nitrogen and oxygen atoms in total. The van der Waals surface area contributed by atoms with Crippen LogP contribution in [0.3, 0.4) is 0 Å². The topological polar surface area (TPSA) is 89.5 Å². The highest BCUT2D eigenvalue weighted by Gasteiger charge is 2.28. The van der Waals surface area contributed by atoms with Gasteiger partial charge in [-0.15, -0.1) is 11.3 Å². The van der Waals surface area contributed by atoms with E-state index in [2.05, 4.69) is 5.32 Å². The number of hydrogen-bond acceptors (Lipinski definition) is 6. The molecule has 2 aromatic rings. The Morgan fingerprint density at radius 2 is 1.85 bits per heavy atom. The molecule has 0 bridgehead atoms. The van der Waals surface area contributed by atoms with Crippen LogP contribution in [0.15, 0.2) is 35.2 Å². The Balaban J connectivity index is 1.84. The van der Waals surface area contributed by atoms with Crippen molar-refractivity contribution in [2.75, 3.05) is 18.2 Å². The van der Waals surface area contributed by atoms with Crippen LogP contribution in [0.5, 0.6) is 0 Å². The molecular weight excluding hydrogens is 374 g/mol. The van der Waals surface area contributed by atoms with E-state index in [4.69, 9.17) is 4.74 Å². The molecule has 1 aromatic heterocycles. The van der Waals surface area contributed by atoms with Gasteiger partial charge in [-0.3, -0.25) is 4.79 Å². The molecule has 1 heterocycles. The normalized spacial score (nSPS) is 13.7. The molecule has 8 heteroatoms. The highest BCUT2D eigenvalue weighted by molar-refractivity contribution is 7.92. The molecule has 0 spiro atoms. The van der Waals surface area contributed by atoms with Crippen LogP contribution in [0.4, 0.5) is 5.00 Å². The number of anilines is 1. The Kier molecular flexibility index (Phi) is 5.43. The highest BCUT2D eigenvalue weighted by Crippen LogP contribution is 2.38. The summed E-state index contributed by atoms with van der Waals surface area (Å²) in [6.45, 7) is 0. The van der Waals surface area contributed by atoms with Gasteiger partial charge in [0.2, 0.25) is 5.91 Å². The van der Waals surface area contributed by atoms with Crippen molar-refractivity contribution in [1.82, 2.24) is 0 Å². The number of thiophene rings is 1. The lowest BCUT2D eigenvalue weighted by Crippen LogP contribution is -2.23. The Labute approximate surface area is 156 Å². The summed E-state index contributed by atoms with van der Waals surface area (Å²) in [6.07, 6.45) is 3.62. The second kappa shape index (κ2) is 7.59. The molecule has 1 aliphatic carbocycles. The van der Waals surface area contributed by atoms with E-state index in [9.17, 15) is 18.0 Å². The predicted molar refractivity (Wildman–Crippen MR) is 99.4 cm³/mol. The van der Waals surface area contributed by atoms with Crippen molar-refractivity contribution in [3.05, 3.63) is 46.3 Å². The van der Waals surface area contributed by atoms with Gasteiger partial charge in [-0.1, -0.05) is 18.2 Å². The SMILES string of the molecule is COC(=O)c1c(NC(=O)CS(=O)(=O)c2ccccc2)sc2c1CCCC2. The maximum atomic E-state index is 12.4. The van der Waals surface area contributed by atoms with Crippen LogP contribution < -0.4 is 5.32 Å². The molecule has 26 heavy (non-hydrogen) atoms. The van der Waals surface area contributed by atoms with Crippen LogP contribution in [0.1, 0.15) is 33.6 Å². The van der Waals surface area contributed by atoms with Crippen molar-refractivity contribution in [1.29, 1.82) is 0 Å². The quantitative estimate of drug-likeness (QED) is 0.789. The van der Waals surface area contributed by atoms with Crippen molar-refractivity contribution in [3.8, 4) is 0 Å². The third kappa shape index (κ3) is 3.81. The highest BCUT2D eigenvalue weighted by atomic mass is 32.2. The standard InChI is InChI=1S/C18H19NO5S2/c1-24-18(21)16-13-9-5-6-10-14(13)25-17(16)19-15(20)11-26(22,23)12-7-3-2-4-8-12/h2-4,7-8H,5-6,9-11H2,1H3,(H,19,20). The van der Waals surface area contributed by atoms with Gasteiger partial charge >= 0.3 is 5.97 Å². The van der Waals surface area contributed by atoms with Crippen molar-refractivity contribution in [2.45, 2.75) is 30.6 Å². The summed E-state index contributed by atoms with van der Waals surface area (Å²) in [4.78, 5) is 25.7. The first-order valence-corrected chi connectivity index (χ1v) is 10.7. The number of rotatable bonds is 5. The lowest BCUT2D eigenvalue weighted by molar-refractivity contribution is -0.113. The van der Waals surface area contributed by atoms with Crippen LogP contribution in [0.2, 0.25) is 0 Å². The molecule has 0 atom stereocenters. The summed E-state index contributed by atoms with van der Waals surface area (Å²) >= 11 is 1.33. The number of benzene rings is 1. The molecule has 0 radical (unpaired) electrons. The number of methoxy groups -OCH3 is 1. The van der Waals surface area contributed by atoms with Crippen LogP contribution in [-0.2, 0) is 32.2 Å². The van der Waals surface area contributed by atoms with Gasteiger partial charge in [0.1, 0.15) is 10.8 Å². The molecule has 0 aliphatic heterocycles. The van der Waals surface area contributed by atoms with E-state index in [0.29, 0.717) is 10.6 Å². The molecule has 0 saturated heterocycles. The minimum absolute atomic E-state index is 0.0915. The van der Waals surface area contributed by atoms with Crippen molar-refractivity contribution in [3.63, 3.8) is 0 Å². The maximum Gasteiger partial charge on any atom is 0.341 e. The zero-order valence-corrected chi connectivity index (χ0v) is 15.9. The predicted octanol–water partition coefficient (Wildman–Crippen LogP) is 2.83. The molecule has 1 aliphatic rings. The van der Waals surface area contributed by atoms with E-state index >= 15 is 0 Å². The Morgan fingerprint density at radius 1 is 1.15 bits per heavy atom. The first-order valence-electron chi connectivity index (χ1n) is 8.23. The number of sulfone groups is 1. The van der Waals surface area contributed by atoms with E-state index < -0.39 is 27.5 Å². The lowest BCUT2D eigenvalue weighted by atomic mass is 9.95. The molecule has 0 saturated carbocycles. The largest absolute Gasteiger partial charge is 0.465 e. The molecule has 138 valence electrons. The number of nitrogens with one attached hydrogen (secondary N) is 1. The van der Waals surface area contributed by atoms with Gasteiger partial charge in [0.05, 0.1) is 17.6 Å². The second-order valence-corrected chi connectivity index (χ2v) is 9.12. The van der Waals surface area contributed by atoms with Crippen molar-refractivity contribution in [2.24, 2.45) is 0 Å². The van der Waals surface area contributed by atoms with Gasteiger partial charge in [-0.2, -0.15) is 0 Å². The van der Waals surface area contributed by atoms with E-state index in [0.717, 1.165) is 36.1 Å². The fraction of sp³-hybridized carbons (Fsp3) is 0.333. The summed E-state index contributed by atoms with van der Waals surface area (Å²) in [5.41, 5.74) is 1.27. The zero-order valence-electron chi connectivity index (χ0n) is 14.3. The summed E-state index contributed by atoms with van der Waals surface area (Å²) in [5.74, 6) is -1.86. The van der Waals surface area contributed by atoms with Crippen LogP contribution in [0.25, 0.3) is 0 Å². The Morgan fingerprint density at radius 3 is 2.54 bits per heavy atom. The summed E-state index contributed by atoms with van der Waals surface area (Å²) in [7, 11) is -2.45. The van der Waals surface area contributed by atoms with Gasteiger partial charge in [-0.25, -0.2) is 13.2 Å². The van der Waals surface area contributed by atoms with E-state index in [1.807, 2.05) is 0 Å². The van der Waals surface area contributed by atoms with Gasteiger partial charge in [0.15, 0.2) is 9.84 Å².